The zero-order chi connectivity index (χ0) is 10.4. The molecule has 0 aliphatic heterocycles. The zero-order valence-corrected chi connectivity index (χ0v) is 9.14. The second-order valence-electron chi connectivity index (χ2n) is 2.82. The minimum Gasteiger partial charge on any atom is -0.387 e. The number of carbonyl (C=O) groups excluding carboxylic acids is 1. The van der Waals surface area contributed by atoms with Gasteiger partial charge < -0.3 is 10.4 Å². The van der Waals surface area contributed by atoms with E-state index in [-0.39, 0.29) is 18.9 Å². The molecule has 1 aromatic heterocycles. The van der Waals surface area contributed by atoms with E-state index in [1.807, 2.05) is 16.8 Å². The lowest BCUT2D eigenvalue weighted by Gasteiger charge is -2.09. The maximum absolute atomic E-state index is 11.0. The number of rotatable bonds is 5. The van der Waals surface area contributed by atoms with Crippen LogP contribution in [0.1, 0.15) is 18.1 Å². The average molecular weight is 234 g/mol. The van der Waals surface area contributed by atoms with Gasteiger partial charge in [-0.15, -0.1) is 11.6 Å². The van der Waals surface area contributed by atoms with Crippen molar-refractivity contribution in [1.82, 2.24) is 5.32 Å². The van der Waals surface area contributed by atoms with Crippen molar-refractivity contribution in [1.29, 1.82) is 0 Å². The smallest absolute Gasteiger partial charge is 0.221 e. The monoisotopic (exact) mass is 233 g/mol. The number of nitrogens with one attached hydrogen (secondary N) is 1. The molecule has 0 radical (unpaired) electrons. The summed E-state index contributed by atoms with van der Waals surface area (Å²) in [4.78, 5) is 11.0. The van der Waals surface area contributed by atoms with Gasteiger partial charge in [0.15, 0.2) is 0 Å². The van der Waals surface area contributed by atoms with Crippen LogP contribution in [0.4, 0.5) is 0 Å². The van der Waals surface area contributed by atoms with Gasteiger partial charge in [-0.3, -0.25) is 4.79 Å². The molecule has 0 spiro atoms. The first-order valence-electron chi connectivity index (χ1n) is 4.27. The molecule has 0 fully saturated rings. The van der Waals surface area contributed by atoms with E-state index >= 15 is 0 Å². The number of halogens is 1. The quantitative estimate of drug-likeness (QED) is 0.758. The van der Waals surface area contributed by atoms with E-state index in [0.717, 1.165) is 5.56 Å². The summed E-state index contributed by atoms with van der Waals surface area (Å²) in [5.74, 6) is 0.176. The fraction of sp³-hybridized carbons (Fsp3) is 0.444. The van der Waals surface area contributed by atoms with Crippen molar-refractivity contribution in [3.05, 3.63) is 22.4 Å². The van der Waals surface area contributed by atoms with Crippen LogP contribution in [-0.2, 0) is 4.79 Å². The largest absolute Gasteiger partial charge is 0.387 e. The minimum atomic E-state index is -0.625. The molecule has 1 heterocycles. The molecule has 2 N–H and O–H groups in total. The summed E-state index contributed by atoms with van der Waals surface area (Å²) in [5.41, 5.74) is 0.834. The lowest BCUT2D eigenvalue weighted by Crippen LogP contribution is -2.28. The Bertz CT molecular complexity index is 276. The third-order valence-electron chi connectivity index (χ3n) is 1.74. The van der Waals surface area contributed by atoms with E-state index in [9.17, 15) is 9.90 Å². The molecular formula is C9H12ClNO2S. The Morgan fingerprint density at radius 3 is 3.07 bits per heavy atom. The van der Waals surface area contributed by atoms with Crippen LogP contribution >= 0.6 is 22.9 Å². The summed E-state index contributed by atoms with van der Waals surface area (Å²) in [6.07, 6.45) is -0.335. The molecule has 0 saturated heterocycles. The molecule has 1 atom stereocenters. The third-order valence-corrected chi connectivity index (χ3v) is 2.63. The predicted molar refractivity (Wildman–Crippen MR) is 57.6 cm³/mol. The predicted octanol–water partition coefficient (Wildman–Crippen LogP) is 1.53. The van der Waals surface area contributed by atoms with Gasteiger partial charge in [-0.2, -0.15) is 11.3 Å². The van der Waals surface area contributed by atoms with Gasteiger partial charge in [0.25, 0.3) is 0 Å². The van der Waals surface area contributed by atoms with Crippen molar-refractivity contribution in [3.8, 4) is 0 Å². The van der Waals surface area contributed by atoms with Crippen molar-refractivity contribution in [2.45, 2.75) is 12.5 Å². The van der Waals surface area contributed by atoms with Gasteiger partial charge in [0, 0.05) is 18.8 Å². The SMILES string of the molecule is O=C(CCCl)NCC(O)c1ccsc1. The van der Waals surface area contributed by atoms with Crippen molar-refractivity contribution < 1.29 is 9.90 Å². The number of thiophene rings is 1. The number of aliphatic hydroxyl groups excluding tert-OH is 1. The molecule has 0 saturated carbocycles. The highest BCUT2D eigenvalue weighted by atomic mass is 35.5. The standard InChI is InChI=1S/C9H12ClNO2S/c10-3-1-9(13)11-5-8(12)7-2-4-14-6-7/h2,4,6,8,12H,1,3,5H2,(H,11,13). The van der Waals surface area contributed by atoms with Gasteiger partial charge in [-0.1, -0.05) is 0 Å². The van der Waals surface area contributed by atoms with E-state index < -0.39 is 6.10 Å². The van der Waals surface area contributed by atoms with Crippen LogP contribution in [0, 0.1) is 0 Å². The number of amides is 1. The van der Waals surface area contributed by atoms with Gasteiger partial charge in [-0.25, -0.2) is 0 Å². The lowest BCUT2D eigenvalue weighted by molar-refractivity contribution is -0.121. The van der Waals surface area contributed by atoms with Crippen LogP contribution in [-0.4, -0.2) is 23.4 Å². The highest BCUT2D eigenvalue weighted by molar-refractivity contribution is 7.07. The van der Waals surface area contributed by atoms with Crippen LogP contribution < -0.4 is 5.32 Å². The Morgan fingerprint density at radius 2 is 2.50 bits per heavy atom. The maximum atomic E-state index is 11.0. The molecule has 1 amide bonds. The normalized spacial score (nSPS) is 12.4. The van der Waals surface area contributed by atoms with Crippen molar-refractivity contribution >= 4 is 28.8 Å². The molecule has 1 rings (SSSR count). The van der Waals surface area contributed by atoms with Crippen LogP contribution in [0.25, 0.3) is 0 Å². The Balaban J connectivity index is 2.28. The first-order valence-corrected chi connectivity index (χ1v) is 5.74. The van der Waals surface area contributed by atoms with Crippen LogP contribution in [0.15, 0.2) is 16.8 Å². The van der Waals surface area contributed by atoms with Gasteiger partial charge in [-0.05, 0) is 22.4 Å². The number of carbonyl (C=O) groups is 1. The number of aliphatic hydroxyl groups is 1. The van der Waals surface area contributed by atoms with Gasteiger partial charge in [0.2, 0.25) is 5.91 Å². The van der Waals surface area contributed by atoms with E-state index in [0.29, 0.717) is 5.88 Å². The summed E-state index contributed by atoms with van der Waals surface area (Å²) >= 11 is 6.91. The lowest BCUT2D eigenvalue weighted by atomic mass is 10.2. The topological polar surface area (TPSA) is 49.3 Å². The zero-order valence-electron chi connectivity index (χ0n) is 7.57. The third kappa shape index (κ3) is 3.65. The molecule has 14 heavy (non-hydrogen) atoms. The second kappa shape index (κ2) is 6.01. The second-order valence-corrected chi connectivity index (χ2v) is 3.97. The Morgan fingerprint density at radius 1 is 1.71 bits per heavy atom. The first kappa shape index (κ1) is 11.5. The highest BCUT2D eigenvalue weighted by Crippen LogP contribution is 2.14. The van der Waals surface area contributed by atoms with Crippen molar-refractivity contribution in [2.75, 3.05) is 12.4 Å². The molecule has 3 nitrogen and oxygen atoms in total. The summed E-state index contributed by atoms with van der Waals surface area (Å²) < 4.78 is 0. The van der Waals surface area contributed by atoms with Crippen LogP contribution in [0.2, 0.25) is 0 Å². The summed E-state index contributed by atoms with van der Waals surface area (Å²) in [7, 11) is 0. The van der Waals surface area contributed by atoms with E-state index in [1.54, 1.807) is 0 Å². The number of hydrogen-bond donors (Lipinski definition) is 2. The number of hydrogen-bond acceptors (Lipinski definition) is 3. The molecule has 0 bridgehead atoms. The summed E-state index contributed by atoms with van der Waals surface area (Å²) in [6.45, 7) is 0.243. The number of alkyl halides is 1. The molecule has 5 heteroatoms. The van der Waals surface area contributed by atoms with Gasteiger partial charge in [0.1, 0.15) is 0 Å². The van der Waals surface area contributed by atoms with Crippen molar-refractivity contribution in [2.24, 2.45) is 0 Å². The molecule has 0 aliphatic rings. The molecule has 1 unspecified atom stereocenters. The maximum Gasteiger partial charge on any atom is 0.221 e. The first-order chi connectivity index (χ1) is 6.74. The van der Waals surface area contributed by atoms with E-state index in [1.165, 1.54) is 11.3 Å². The van der Waals surface area contributed by atoms with Crippen LogP contribution in [0.5, 0.6) is 0 Å². The molecule has 0 aliphatic carbocycles. The fourth-order valence-corrected chi connectivity index (χ4v) is 1.85. The summed E-state index contributed by atoms with van der Waals surface area (Å²) in [6, 6.07) is 1.84. The van der Waals surface area contributed by atoms with Crippen molar-refractivity contribution in [3.63, 3.8) is 0 Å². The Hall–Kier alpha value is -0.580. The molecular weight excluding hydrogens is 222 g/mol. The van der Waals surface area contributed by atoms with Gasteiger partial charge in [0.05, 0.1) is 6.10 Å². The Labute approximate surface area is 91.7 Å². The average Bonchev–Trinajstić information content (AvgIpc) is 2.67. The Kier molecular flexibility index (Phi) is 4.93. The van der Waals surface area contributed by atoms with E-state index in [2.05, 4.69) is 5.32 Å². The molecule has 78 valence electrons. The molecule has 1 aromatic rings. The fourth-order valence-electron chi connectivity index (χ4n) is 0.967. The highest BCUT2D eigenvalue weighted by Gasteiger charge is 2.08. The molecule has 0 aromatic carbocycles. The van der Waals surface area contributed by atoms with Gasteiger partial charge >= 0.3 is 0 Å². The van der Waals surface area contributed by atoms with Crippen LogP contribution in [0.3, 0.4) is 0 Å². The summed E-state index contributed by atoms with van der Waals surface area (Å²) in [5, 5.41) is 15.9. The minimum absolute atomic E-state index is 0.130. The van der Waals surface area contributed by atoms with E-state index in [4.69, 9.17) is 11.6 Å².